The summed E-state index contributed by atoms with van der Waals surface area (Å²) in [5, 5.41) is 10.1. The fourth-order valence-corrected chi connectivity index (χ4v) is 2.29. The topological polar surface area (TPSA) is 20.2 Å². The van der Waals surface area contributed by atoms with Gasteiger partial charge in [0.05, 0.1) is 5.60 Å². The molecule has 0 aromatic heterocycles. The molecule has 0 saturated heterocycles. The zero-order valence-corrected chi connectivity index (χ0v) is 7.77. The minimum Gasteiger partial charge on any atom is -0.390 e. The SMILES string of the molecule is CCC(O)(CC)C1CCCC1. The van der Waals surface area contributed by atoms with Crippen LogP contribution in [0.5, 0.6) is 0 Å². The van der Waals surface area contributed by atoms with Gasteiger partial charge < -0.3 is 5.11 Å². The van der Waals surface area contributed by atoms with Crippen LogP contribution in [0.1, 0.15) is 52.4 Å². The van der Waals surface area contributed by atoms with Crippen LogP contribution < -0.4 is 0 Å². The van der Waals surface area contributed by atoms with Crippen molar-refractivity contribution in [1.29, 1.82) is 0 Å². The molecule has 1 aliphatic rings. The van der Waals surface area contributed by atoms with Gasteiger partial charge in [-0.25, -0.2) is 0 Å². The van der Waals surface area contributed by atoms with Crippen molar-refractivity contribution in [3.63, 3.8) is 0 Å². The fraction of sp³-hybridized carbons (Fsp3) is 1.00. The van der Waals surface area contributed by atoms with E-state index >= 15 is 0 Å². The normalized spacial score (nSPS) is 21.0. The van der Waals surface area contributed by atoms with E-state index < -0.39 is 0 Å². The number of hydrogen-bond donors (Lipinski definition) is 1. The van der Waals surface area contributed by atoms with Gasteiger partial charge in [-0.2, -0.15) is 0 Å². The van der Waals surface area contributed by atoms with Gasteiger partial charge in [-0.1, -0.05) is 26.7 Å². The molecule has 0 amide bonds. The van der Waals surface area contributed by atoms with Gasteiger partial charge in [0.1, 0.15) is 0 Å². The number of hydrogen-bond acceptors (Lipinski definition) is 1. The molecule has 0 spiro atoms. The van der Waals surface area contributed by atoms with E-state index in [-0.39, 0.29) is 5.60 Å². The second kappa shape index (κ2) is 3.57. The molecule has 1 nitrogen and oxygen atoms in total. The van der Waals surface area contributed by atoms with Crippen molar-refractivity contribution in [2.75, 3.05) is 0 Å². The minimum absolute atomic E-state index is 0.337. The van der Waals surface area contributed by atoms with E-state index in [2.05, 4.69) is 13.8 Å². The van der Waals surface area contributed by atoms with E-state index in [0.29, 0.717) is 5.92 Å². The molecule has 1 N–H and O–H groups in total. The van der Waals surface area contributed by atoms with Crippen LogP contribution in [-0.2, 0) is 0 Å². The second-order valence-electron chi connectivity index (χ2n) is 3.79. The van der Waals surface area contributed by atoms with Crippen molar-refractivity contribution in [2.24, 2.45) is 5.92 Å². The van der Waals surface area contributed by atoms with Gasteiger partial charge in [0.2, 0.25) is 0 Å². The average molecular weight is 156 g/mol. The summed E-state index contributed by atoms with van der Waals surface area (Å²) < 4.78 is 0. The minimum atomic E-state index is -0.337. The van der Waals surface area contributed by atoms with Gasteiger partial charge in [0, 0.05) is 0 Å². The Morgan fingerprint density at radius 2 is 1.64 bits per heavy atom. The monoisotopic (exact) mass is 156 g/mol. The van der Waals surface area contributed by atoms with E-state index in [1.54, 1.807) is 0 Å². The van der Waals surface area contributed by atoms with Gasteiger partial charge in [0.15, 0.2) is 0 Å². The summed E-state index contributed by atoms with van der Waals surface area (Å²) in [5.74, 6) is 0.595. The lowest BCUT2D eigenvalue weighted by Gasteiger charge is -2.31. The molecule has 0 unspecified atom stereocenters. The molecule has 1 saturated carbocycles. The summed E-state index contributed by atoms with van der Waals surface area (Å²) >= 11 is 0. The third-order valence-electron chi connectivity index (χ3n) is 3.34. The molecule has 0 bridgehead atoms. The van der Waals surface area contributed by atoms with E-state index in [0.717, 1.165) is 12.8 Å². The first kappa shape index (κ1) is 9.05. The Labute approximate surface area is 69.8 Å². The van der Waals surface area contributed by atoms with Crippen LogP contribution in [0.15, 0.2) is 0 Å². The predicted octanol–water partition coefficient (Wildman–Crippen LogP) is 2.73. The molecular formula is C10H20O. The Morgan fingerprint density at radius 1 is 1.18 bits per heavy atom. The highest BCUT2D eigenvalue weighted by molar-refractivity contribution is 4.86. The molecular weight excluding hydrogens is 136 g/mol. The molecule has 0 heterocycles. The molecule has 11 heavy (non-hydrogen) atoms. The van der Waals surface area contributed by atoms with E-state index in [4.69, 9.17) is 0 Å². The van der Waals surface area contributed by atoms with Crippen molar-refractivity contribution in [3.8, 4) is 0 Å². The first-order valence-electron chi connectivity index (χ1n) is 4.95. The third kappa shape index (κ3) is 1.76. The maximum atomic E-state index is 10.1. The Morgan fingerprint density at radius 3 is 2.00 bits per heavy atom. The quantitative estimate of drug-likeness (QED) is 0.666. The fourth-order valence-electron chi connectivity index (χ4n) is 2.29. The molecule has 1 heteroatoms. The van der Waals surface area contributed by atoms with Crippen LogP contribution in [0.3, 0.4) is 0 Å². The molecule has 66 valence electrons. The summed E-state index contributed by atoms with van der Waals surface area (Å²) in [4.78, 5) is 0. The summed E-state index contributed by atoms with van der Waals surface area (Å²) in [7, 11) is 0. The maximum absolute atomic E-state index is 10.1. The standard InChI is InChI=1S/C10H20O/c1-3-10(11,4-2)9-7-5-6-8-9/h9,11H,3-8H2,1-2H3. The predicted molar refractivity (Wildman–Crippen MR) is 47.5 cm³/mol. The molecule has 0 aromatic carbocycles. The van der Waals surface area contributed by atoms with Crippen LogP contribution in [0, 0.1) is 5.92 Å². The van der Waals surface area contributed by atoms with Crippen LogP contribution >= 0.6 is 0 Å². The number of rotatable bonds is 3. The lowest BCUT2D eigenvalue weighted by molar-refractivity contribution is -0.0233. The zero-order valence-electron chi connectivity index (χ0n) is 7.77. The highest BCUT2D eigenvalue weighted by atomic mass is 16.3. The molecule has 0 radical (unpaired) electrons. The Hall–Kier alpha value is -0.0400. The van der Waals surface area contributed by atoms with Crippen molar-refractivity contribution in [2.45, 2.75) is 58.0 Å². The van der Waals surface area contributed by atoms with E-state index in [1.165, 1.54) is 25.7 Å². The summed E-state index contributed by atoms with van der Waals surface area (Å²) in [6.07, 6.45) is 7.00. The van der Waals surface area contributed by atoms with Gasteiger partial charge in [-0.15, -0.1) is 0 Å². The van der Waals surface area contributed by atoms with Crippen molar-refractivity contribution in [1.82, 2.24) is 0 Å². The molecule has 1 rings (SSSR count). The Kier molecular flexibility index (Phi) is 2.94. The molecule has 0 aliphatic heterocycles. The average Bonchev–Trinajstić information content (AvgIpc) is 2.55. The van der Waals surface area contributed by atoms with Gasteiger partial charge in [-0.3, -0.25) is 0 Å². The highest BCUT2D eigenvalue weighted by Crippen LogP contribution is 2.37. The summed E-state index contributed by atoms with van der Waals surface area (Å²) in [6.45, 7) is 4.20. The number of aliphatic hydroxyl groups is 1. The smallest absolute Gasteiger partial charge is 0.0670 e. The third-order valence-corrected chi connectivity index (χ3v) is 3.34. The first-order valence-corrected chi connectivity index (χ1v) is 4.95. The van der Waals surface area contributed by atoms with Crippen LogP contribution in [0.2, 0.25) is 0 Å². The first-order chi connectivity index (χ1) is 5.23. The van der Waals surface area contributed by atoms with Crippen molar-refractivity contribution in [3.05, 3.63) is 0 Å². The van der Waals surface area contributed by atoms with Gasteiger partial charge in [0.25, 0.3) is 0 Å². The van der Waals surface area contributed by atoms with Gasteiger partial charge >= 0.3 is 0 Å². The van der Waals surface area contributed by atoms with E-state index in [9.17, 15) is 5.11 Å². The summed E-state index contributed by atoms with van der Waals surface area (Å²) in [6, 6.07) is 0. The van der Waals surface area contributed by atoms with Crippen molar-refractivity contribution >= 4 is 0 Å². The molecule has 1 aliphatic carbocycles. The largest absolute Gasteiger partial charge is 0.390 e. The van der Waals surface area contributed by atoms with Crippen LogP contribution in [0.4, 0.5) is 0 Å². The second-order valence-corrected chi connectivity index (χ2v) is 3.79. The molecule has 0 atom stereocenters. The van der Waals surface area contributed by atoms with Crippen LogP contribution in [-0.4, -0.2) is 10.7 Å². The lowest BCUT2D eigenvalue weighted by atomic mass is 9.82. The zero-order chi connectivity index (χ0) is 8.32. The highest BCUT2D eigenvalue weighted by Gasteiger charge is 2.34. The Bertz CT molecular complexity index is 110. The molecule has 0 aromatic rings. The van der Waals surface area contributed by atoms with E-state index in [1.807, 2.05) is 0 Å². The summed E-state index contributed by atoms with van der Waals surface area (Å²) in [5.41, 5.74) is -0.337. The van der Waals surface area contributed by atoms with Crippen LogP contribution in [0.25, 0.3) is 0 Å². The van der Waals surface area contributed by atoms with Gasteiger partial charge in [-0.05, 0) is 31.6 Å². The maximum Gasteiger partial charge on any atom is 0.0670 e. The molecule has 1 fully saturated rings. The van der Waals surface area contributed by atoms with Crippen molar-refractivity contribution < 1.29 is 5.11 Å². The lowest BCUT2D eigenvalue weighted by Crippen LogP contribution is -2.34. The Balaban J connectivity index is 2.52.